The molecule has 2 N–H and O–H groups in total. The van der Waals surface area contributed by atoms with Gasteiger partial charge in [-0.2, -0.15) is 0 Å². The first-order valence-electron chi connectivity index (χ1n) is 7.02. The number of rotatable bonds is 3. The third-order valence-corrected chi connectivity index (χ3v) is 3.76. The highest BCUT2D eigenvalue weighted by molar-refractivity contribution is 5.98. The molecule has 2 rings (SSSR count). The first kappa shape index (κ1) is 15.8. The molecule has 0 amide bonds. The summed E-state index contributed by atoms with van der Waals surface area (Å²) in [7, 11) is 0. The summed E-state index contributed by atoms with van der Waals surface area (Å²) in [6.45, 7) is 0. The molecule has 1 aliphatic rings. The number of carbonyl (C=O) groups excluding carboxylic acids is 1. The molecule has 1 saturated carbocycles. The Balaban J connectivity index is 2.16. The number of halogens is 3. The second kappa shape index (κ2) is 6.47. The van der Waals surface area contributed by atoms with Crippen LogP contribution in [0.1, 0.15) is 42.5 Å². The van der Waals surface area contributed by atoms with Crippen LogP contribution in [0.15, 0.2) is 24.3 Å². The van der Waals surface area contributed by atoms with Crippen molar-refractivity contribution < 1.29 is 22.7 Å². The van der Waals surface area contributed by atoms with Gasteiger partial charge in [-0.25, -0.2) is 0 Å². The molecule has 1 fully saturated rings. The largest absolute Gasteiger partial charge is 0.573 e. The van der Waals surface area contributed by atoms with E-state index in [2.05, 4.69) is 4.74 Å². The van der Waals surface area contributed by atoms with Gasteiger partial charge in [-0.15, -0.1) is 13.2 Å². The Labute approximate surface area is 121 Å². The molecule has 6 heteroatoms. The summed E-state index contributed by atoms with van der Waals surface area (Å²) in [6.07, 6.45) is -0.361. The minimum atomic E-state index is -4.76. The molecule has 0 radical (unpaired) electrons. The third-order valence-electron chi connectivity index (χ3n) is 3.76. The molecule has 2 unspecified atom stereocenters. The van der Waals surface area contributed by atoms with Crippen LogP contribution in [-0.2, 0) is 0 Å². The number of benzene rings is 1. The van der Waals surface area contributed by atoms with E-state index in [1.165, 1.54) is 18.2 Å². The van der Waals surface area contributed by atoms with Crippen LogP contribution in [0.3, 0.4) is 0 Å². The molecule has 1 aromatic rings. The first-order chi connectivity index (χ1) is 9.87. The van der Waals surface area contributed by atoms with Crippen LogP contribution in [0, 0.1) is 5.92 Å². The number of hydrogen-bond donors (Lipinski definition) is 1. The van der Waals surface area contributed by atoms with Crippen LogP contribution in [0.4, 0.5) is 13.2 Å². The van der Waals surface area contributed by atoms with Crippen molar-refractivity contribution in [3.63, 3.8) is 0 Å². The Morgan fingerprint density at radius 2 is 1.90 bits per heavy atom. The van der Waals surface area contributed by atoms with Gasteiger partial charge < -0.3 is 10.5 Å². The topological polar surface area (TPSA) is 52.3 Å². The van der Waals surface area contributed by atoms with Crippen LogP contribution < -0.4 is 10.5 Å². The number of Topliss-reactive ketones (excluding diaryl/α,β-unsaturated/α-hetero) is 1. The minimum absolute atomic E-state index is 0.197. The number of nitrogens with two attached hydrogens (primary N) is 1. The van der Waals surface area contributed by atoms with Gasteiger partial charge in [0.15, 0.2) is 5.78 Å². The van der Waals surface area contributed by atoms with E-state index in [0.717, 1.165) is 31.7 Å². The summed E-state index contributed by atoms with van der Waals surface area (Å²) in [6, 6.07) is 4.97. The summed E-state index contributed by atoms with van der Waals surface area (Å²) >= 11 is 0. The molecule has 0 saturated heterocycles. The second-order valence-electron chi connectivity index (χ2n) is 5.35. The summed E-state index contributed by atoms with van der Waals surface area (Å²) < 4.78 is 40.5. The van der Waals surface area contributed by atoms with E-state index in [9.17, 15) is 18.0 Å². The highest BCUT2D eigenvalue weighted by Crippen LogP contribution is 2.28. The maximum absolute atomic E-state index is 12.5. The molecular formula is C15H18F3NO2. The van der Waals surface area contributed by atoms with Crippen molar-refractivity contribution in [3.8, 4) is 5.75 Å². The van der Waals surface area contributed by atoms with Crippen LogP contribution in [0.5, 0.6) is 5.75 Å². The molecule has 0 bridgehead atoms. The van der Waals surface area contributed by atoms with Gasteiger partial charge in [0.2, 0.25) is 0 Å². The maximum Gasteiger partial charge on any atom is 0.573 e. The molecule has 21 heavy (non-hydrogen) atoms. The molecule has 3 nitrogen and oxygen atoms in total. The van der Waals surface area contributed by atoms with E-state index in [-0.39, 0.29) is 29.1 Å². The average Bonchev–Trinajstić information content (AvgIpc) is 2.61. The smallest absolute Gasteiger partial charge is 0.406 e. The molecular weight excluding hydrogens is 283 g/mol. The summed E-state index contributed by atoms with van der Waals surface area (Å²) in [5, 5.41) is 0. The van der Waals surface area contributed by atoms with Crippen molar-refractivity contribution in [2.24, 2.45) is 11.7 Å². The summed E-state index contributed by atoms with van der Waals surface area (Å²) in [5.41, 5.74) is 6.25. The highest BCUT2D eigenvalue weighted by atomic mass is 19.4. The number of carbonyl (C=O) groups is 1. The van der Waals surface area contributed by atoms with Crippen molar-refractivity contribution in [3.05, 3.63) is 29.8 Å². The molecule has 0 spiro atoms. The summed E-state index contributed by atoms with van der Waals surface area (Å²) in [5.74, 6) is -0.902. The quantitative estimate of drug-likeness (QED) is 0.684. The maximum atomic E-state index is 12.5. The molecule has 2 atom stereocenters. The lowest BCUT2D eigenvalue weighted by molar-refractivity contribution is -0.274. The Morgan fingerprint density at radius 3 is 2.62 bits per heavy atom. The van der Waals surface area contributed by atoms with Gasteiger partial charge in [-0.05, 0) is 25.0 Å². The fourth-order valence-electron chi connectivity index (χ4n) is 2.72. The lowest BCUT2D eigenvalue weighted by Crippen LogP contribution is -2.34. The predicted molar refractivity (Wildman–Crippen MR) is 72.0 cm³/mol. The second-order valence-corrected chi connectivity index (χ2v) is 5.35. The highest BCUT2D eigenvalue weighted by Gasteiger charge is 2.32. The number of ether oxygens (including phenoxy) is 1. The normalized spacial score (nSPS) is 23.4. The number of alkyl halides is 3. The van der Waals surface area contributed by atoms with E-state index in [1.54, 1.807) is 0 Å². The van der Waals surface area contributed by atoms with E-state index in [0.29, 0.717) is 6.42 Å². The van der Waals surface area contributed by atoms with Gasteiger partial charge in [-0.3, -0.25) is 4.79 Å². The van der Waals surface area contributed by atoms with Crippen LogP contribution in [-0.4, -0.2) is 18.2 Å². The molecule has 0 aliphatic heterocycles. The van der Waals surface area contributed by atoms with Crippen molar-refractivity contribution in [2.45, 2.75) is 44.5 Å². The van der Waals surface area contributed by atoms with Gasteiger partial charge in [0.1, 0.15) is 5.75 Å². The molecule has 0 aromatic heterocycles. The van der Waals surface area contributed by atoms with Gasteiger partial charge in [0.05, 0.1) is 0 Å². The lowest BCUT2D eigenvalue weighted by atomic mass is 9.87. The van der Waals surface area contributed by atoms with Gasteiger partial charge in [0, 0.05) is 17.5 Å². The summed E-state index contributed by atoms with van der Waals surface area (Å²) in [4.78, 5) is 12.5. The SMILES string of the molecule is NC1CCCCCC1C(=O)c1cccc(OC(F)(F)F)c1. The van der Waals surface area contributed by atoms with E-state index in [4.69, 9.17) is 5.73 Å². The van der Waals surface area contributed by atoms with Crippen LogP contribution in [0.25, 0.3) is 0 Å². The van der Waals surface area contributed by atoms with Crippen molar-refractivity contribution in [1.82, 2.24) is 0 Å². The molecule has 116 valence electrons. The zero-order valence-corrected chi connectivity index (χ0v) is 11.5. The Bertz CT molecular complexity index is 502. The zero-order valence-electron chi connectivity index (χ0n) is 11.5. The standard InChI is InChI=1S/C15H18F3NO2/c16-15(17,18)21-11-6-4-5-10(9-11)14(20)12-7-2-1-3-8-13(12)19/h4-6,9,12-13H,1-3,7-8,19H2. The van der Waals surface area contributed by atoms with Crippen molar-refractivity contribution in [2.75, 3.05) is 0 Å². The van der Waals surface area contributed by atoms with Gasteiger partial charge >= 0.3 is 6.36 Å². The number of hydrogen-bond acceptors (Lipinski definition) is 3. The first-order valence-corrected chi connectivity index (χ1v) is 7.02. The zero-order chi connectivity index (χ0) is 15.5. The Hall–Kier alpha value is -1.56. The number of ketones is 1. The monoisotopic (exact) mass is 301 g/mol. The van der Waals surface area contributed by atoms with Crippen molar-refractivity contribution >= 4 is 5.78 Å². The van der Waals surface area contributed by atoms with E-state index < -0.39 is 6.36 Å². The minimum Gasteiger partial charge on any atom is -0.406 e. The van der Waals surface area contributed by atoms with Crippen LogP contribution in [0.2, 0.25) is 0 Å². The van der Waals surface area contributed by atoms with Crippen LogP contribution >= 0.6 is 0 Å². The fourth-order valence-corrected chi connectivity index (χ4v) is 2.72. The Kier molecular flexibility index (Phi) is 4.88. The van der Waals surface area contributed by atoms with Crippen molar-refractivity contribution in [1.29, 1.82) is 0 Å². The van der Waals surface area contributed by atoms with Gasteiger partial charge in [-0.1, -0.05) is 31.4 Å². The van der Waals surface area contributed by atoms with E-state index >= 15 is 0 Å². The average molecular weight is 301 g/mol. The lowest BCUT2D eigenvalue weighted by Gasteiger charge is -2.20. The molecule has 1 aliphatic carbocycles. The molecule has 0 heterocycles. The Morgan fingerprint density at radius 1 is 1.19 bits per heavy atom. The van der Waals surface area contributed by atoms with E-state index in [1.807, 2.05) is 0 Å². The third kappa shape index (κ3) is 4.46. The fraction of sp³-hybridized carbons (Fsp3) is 0.533. The van der Waals surface area contributed by atoms with Gasteiger partial charge in [0.25, 0.3) is 0 Å². The molecule has 1 aromatic carbocycles. The predicted octanol–water partition coefficient (Wildman–Crippen LogP) is 3.68.